The van der Waals surface area contributed by atoms with Crippen molar-refractivity contribution < 1.29 is 9.53 Å². The number of hydrogen-bond donors (Lipinski definition) is 2. The van der Waals surface area contributed by atoms with E-state index in [9.17, 15) is 9.59 Å². The van der Waals surface area contributed by atoms with Gasteiger partial charge in [0, 0.05) is 11.1 Å². The number of amides is 1. The predicted molar refractivity (Wildman–Crippen MR) is 93.6 cm³/mol. The number of rotatable bonds is 5. The number of carbonyl (C=O) groups excluding carboxylic acids is 1. The van der Waals surface area contributed by atoms with Crippen LogP contribution in [0.1, 0.15) is 16.1 Å². The van der Waals surface area contributed by atoms with Crippen molar-refractivity contribution in [2.45, 2.75) is 6.92 Å². The number of aryl methyl sites for hydroxylation is 1. The van der Waals surface area contributed by atoms with Crippen LogP contribution in [-0.2, 0) is 0 Å². The van der Waals surface area contributed by atoms with E-state index < -0.39 is 5.91 Å². The molecule has 1 heterocycles. The molecule has 2 aromatic carbocycles. The molecule has 0 bridgehead atoms. The number of hydrogen-bond acceptors (Lipinski definition) is 3. The summed E-state index contributed by atoms with van der Waals surface area (Å²) in [5.74, 6) is 0.369. The van der Waals surface area contributed by atoms with Gasteiger partial charge in [-0.25, -0.2) is 0 Å². The Kier molecular flexibility index (Phi) is 4.61. The molecule has 5 heteroatoms. The monoisotopic (exact) mass is 322 g/mol. The number of nitrogens with one attached hydrogen (secondary N) is 2. The lowest BCUT2D eigenvalue weighted by Gasteiger charge is -2.10. The Balaban J connectivity index is 1.59. The lowest BCUT2D eigenvalue weighted by Crippen LogP contribution is -2.32. The van der Waals surface area contributed by atoms with Gasteiger partial charge < -0.3 is 15.0 Å². The van der Waals surface area contributed by atoms with E-state index in [-0.39, 0.29) is 11.1 Å². The molecule has 3 rings (SSSR count). The Labute approximate surface area is 139 Å². The SMILES string of the molecule is Cc1ccc(C(=O)NCCOc2cccc3ccccc23)c(=O)[nH]1. The van der Waals surface area contributed by atoms with Crippen LogP contribution in [0.5, 0.6) is 5.75 Å². The third kappa shape index (κ3) is 3.46. The maximum Gasteiger partial charge on any atom is 0.260 e. The van der Waals surface area contributed by atoms with Crippen molar-refractivity contribution in [1.29, 1.82) is 0 Å². The summed E-state index contributed by atoms with van der Waals surface area (Å²) in [7, 11) is 0. The number of aromatic nitrogens is 1. The summed E-state index contributed by atoms with van der Waals surface area (Å²) in [5.41, 5.74) is 0.434. The van der Waals surface area contributed by atoms with Gasteiger partial charge in [0.1, 0.15) is 17.9 Å². The number of aromatic amines is 1. The van der Waals surface area contributed by atoms with E-state index in [1.807, 2.05) is 42.5 Å². The average molecular weight is 322 g/mol. The molecule has 122 valence electrons. The Morgan fingerprint density at radius 1 is 1.08 bits per heavy atom. The van der Waals surface area contributed by atoms with Gasteiger partial charge in [-0.15, -0.1) is 0 Å². The van der Waals surface area contributed by atoms with E-state index >= 15 is 0 Å². The van der Waals surface area contributed by atoms with Crippen LogP contribution in [0.2, 0.25) is 0 Å². The zero-order valence-corrected chi connectivity index (χ0v) is 13.3. The molecule has 3 aromatic rings. The molecule has 0 saturated heterocycles. The first-order chi connectivity index (χ1) is 11.6. The Morgan fingerprint density at radius 3 is 2.71 bits per heavy atom. The Hall–Kier alpha value is -3.08. The molecule has 0 aliphatic heterocycles. The van der Waals surface area contributed by atoms with E-state index in [1.54, 1.807) is 13.0 Å². The third-order valence-corrected chi connectivity index (χ3v) is 3.69. The van der Waals surface area contributed by atoms with E-state index in [4.69, 9.17) is 4.74 Å². The summed E-state index contributed by atoms with van der Waals surface area (Å²) in [6.45, 7) is 2.40. The van der Waals surface area contributed by atoms with Crippen molar-refractivity contribution in [3.63, 3.8) is 0 Å². The topological polar surface area (TPSA) is 71.2 Å². The van der Waals surface area contributed by atoms with Crippen molar-refractivity contribution >= 4 is 16.7 Å². The van der Waals surface area contributed by atoms with Gasteiger partial charge in [-0.1, -0.05) is 36.4 Å². The van der Waals surface area contributed by atoms with Crippen LogP contribution in [0, 0.1) is 6.92 Å². The lowest BCUT2D eigenvalue weighted by molar-refractivity contribution is 0.0945. The van der Waals surface area contributed by atoms with Crippen molar-refractivity contribution in [1.82, 2.24) is 10.3 Å². The predicted octanol–water partition coefficient (Wildman–Crippen LogP) is 2.65. The molecule has 0 aliphatic rings. The molecule has 2 N–H and O–H groups in total. The molecule has 5 nitrogen and oxygen atoms in total. The number of fused-ring (bicyclic) bond motifs is 1. The zero-order valence-electron chi connectivity index (χ0n) is 13.3. The number of carbonyl (C=O) groups is 1. The summed E-state index contributed by atoms with van der Waals surface area (Å²) in [6, 6.07) is 17.0. The summed E-state index contributed by atoms with van der Waals surface area (Å²) in [4.78, 5) is 26.4. The van der Waals surface area contributed by atoms with Gasteiger partial charge in [-0.2, -0.15) is 0 Å². The highest BCUT2D eigenvalue weighted by molar-refractivity contribution is 5.93. The minimum Gasteiger partial charge on any atom is -0.491 e. The van der Waals surface area contributed by atoms with Crippen LogP contribution in [0.25, 0.3) is 10.8 Å². The van der Waals surface area contributed by atoms with Crippen LogP contribution in [-0.4, -0.2) is 24.0 Å². The highest BCUT2D eigenvalue weighted by atomic mass is 16.5. The van der Waals surface area contributed by atoms with E-state index in [0.717, 1.165) is 22.2 Å². The first kappa shape index (κ1) is 15.8. The van der Waals surface area contributed by atoms with E-state index in [2.05, 4.69) is 10.3 Å². The van der Waals surface area contributed by atoms with Gasteiger partial charge in [-0.05, 0) is 30.5 Å². The molecule has 1 amide bonds. The number of benzene rings is 2. The summed E-state index contributed by atoms with van der Waals surface area (Å²) in [6.07, 6.45) is 0. The van der Waals surface area contributed by atoms with Crippen molar-refractivity contribution in [2.24, 2.45) is 0 Å². The van der Waals surface area contributed by atoms with Crippen LogP contribution < -0.4 is 15.6 Å². The first-order valence-corrected chi connectivity index (χ1v) is 7.74. The Morgan fingerprint density at radius 2 is 1.88 bits per heavy atom. The highest BCUT2D eigenvalue weighted by Gasteiger charge is 2.09. The summed E-state index contributed by atoms with van der Waals surface area (Å²) in [5, 5.41) is 4.82. The molecular formula is C19H18N2O3. The maximum atomic E-state index is 12.0. The molecular weight excluding hydrogens is 304 g/mol. The molecule has 1 aromatic heterocycles. The van der Waals surface area contributed by atoms with Gasteiger partial charge in [-0.3, -0.25) is 9.59 Å². The zero-order chi connectivity index (χ0) is 16.9. The fourth-order valence-electron chi connectivity index (χ4n) is 2.49. The van der Waals surface area contributed by atoms with E-state index in [1.165, 1.54) is 6.07 Å². The molecule has 24 heavy (non-hydrogen) atoms. The number of ether oxygens (including phenoxy) is 1. The smallest absolute Gasteiger partial charge is 0.260 e. The molecule has 0 fully saturated rings. The van der Waals surface area contributed by atoms with Gasteiger partial charge in [0.15, 0.2) is 0 Å². The quantitative estimate of drug-likeness (QED) is 0.709. The molecule has 0 saturated carbocycles. The lowest BCUT2D eigenvalue weighted by atomic mass is 10.1. The third-order valence-electron chi connectivity index (χ3n) is 3.69. The first-order valence-electron chi connectivity index (χ1n) is 7.74. The summed E-state index contributed by atoms with van der Waals surface area (Å²) >= 11 is 0. The van der Waals surface area contributed by atoms with Crippen molar-refractivity contribution in [2.75, 3.05) is 13.2 Å². The maximum absolute atomic E-state index is 12.0. The van der Waals surface area contributed by atoms with Crippen molar-refractivity contribution in [3.05, 3.63) is 76.2 Å². The largest absolute Gasteiger partial charge is 0.491 e. The summed E-state index contributed by atoms with van der Waals surface area (Å²) < 4.78 is 5.75. The second-order valence-corrected chi connectivity index (χ2v) is 5.47. The van der Waals surface area contributed by atoms with Gasteiger partial charge in [0.05, 0.1) is 6.54 Å². The van der Waals surface area contributed by atoms with Gasteiger partial charge in [0.25, 0.3) is 11.5 Å². The average Bonchev–Trinajstić information content (AvgIpc) is 2.58. The molecule has 0 aliphatic carbocycles. The molecule has 0 unspecified atom stereocenters. The molecule has 0 spiro atoms. The van der Waals surface area contributed by atoms with Crippen LogP contribution in [0.15, 0.2) is 59.4 Å². The van der Waals surface area contributed by atoms with Crippen molar-refractivity contribution in [3.8, 4) is 5.75 Å². The Bertz CT molecular complexity index is 926. The fraction of sp³-hybridized carbons (Fsp3) is 0.158. The van der Waals surface area contributed by atoms with Crippen LogP contribution in [0.3, 0.4) is 0 Å². The van der Waals surface area contributed by atoms with Gasteiger partial charge >= 0.3 is 0 Å². The fourth-order valence-corrected chi connectivity index (χ4v) is 2.49. The number of H-pyrrole nitrogens is 1. The normalized spacial score (nSPS) is 10.5. The van der Waals surface area contributed by atoms with Gasteiger partial charge in [0.2, 0.25) is 0 Å². The second-order valence-electron chi connectivity index (χ2n) is 5.47. The standard InChI is InChI=1S/C19H18N2O3/c1-13-9-10-16(19(23)21-13)18(22)20-11-12-24-17-8-4-6-14-5-2-3-7-15(14)17/h2-10H,11-12H2,1H3,(H,20,22)(H,21,23). The number of pyridine rings is 1. The molecule has 0 radical (unpaired) electrons. The minimum absolute atomic E-state index is 0.103. The molecule has 0 atom stereocenters. The second kappa shape index (κ2) is 7.00. The van der Waals surface area contributed by atoms with E-state index in [0.29, 0.717) is 13.2 Å². The minimum atomic E-state index is -0.405. The van der Waals surface area contributed by atoms with Crippen LogP contribution >= 0.6 is 0 Å². The highest BCUT2D eigenvalue weighted by Crippen LogP contribution is 2.24. The van der Waals surface area contributed by atoms with Crippen LogP contribution in [0.4, 0.5) is 0 Å².